The number of aryl methyl sites for hydroxylation is 1. The zero-order valence-corrected chi connectivity index (χ0v) is 18.7. The van der Waals surface area contributed by atoms with E-state index in [2.05, 4.69) is 25.0 Å². The van der Waals surface area contributed by atoms with Crippen molar-refractivity contribution in [2.45, 2.75) is 18.3 Å². The first-order valence-electron chi connectivity index (χ1n) is 8.94. The van der Waals surface area contributed by atoms with E-state index in [0.717, 1.165) is 26.8 Å². The first-order valence-corrected chi connectivity index (χ1v) is 11.6. The van der Waals surface area contributed by atoms with Crippen LogP contribution in [0.1, 0.15) is 16.3 Å². The van der Waals surface area contributed by atoms with Crippen LogP contribution in [0.2, 0.25) is 0 Å². The average Bonchev–Trinajstić information content (AvgIpc) is 3.37. The fraction of sp³-hybridized carbons (Fsp3) is 0.235. The number of oxime groups is 1. The number of thioether (sulfide) groups is 1. The molecule has 0 saturated carbocycles. The smallest absolute Gasteiger partial charge is 0.352 e. The number of nitrogens with two attached hydrogens (primary N) is 1. The first-order chi connectivity index (χ1) is 15.3. The number of carboxylic acids is 1. The van der Waals surface area contributed by atoms with Gasteiger partial charge in [-0.15, -0.1) is 28.2 Å². The molecule has 2 aliphatic heterocycles. The maximum Gasteiger partial charge on any atom is 0.352 e. The Balaban J connectivity index is 1.53. The van der Waals surface area contributed by atoms with Crippen LogP contribution in [0, 0.1) is 6.92 Å². The molecule has 1 saturated heterocycles. The van der Waals surface area contributed by atoms with Crippen molar-refractivity contribution in [2.75, 3.05) is 11.5 Å². The molecule has 2 aromatic rings. The molecule has 166 valence electrons. The van der Waals surface area contributed by atoms with Crippen LogP contribution in [-0.4, -0.2) is 70.4 Å². The standard InChI is InChI=1S/C17H15N7O5S3/c1-6-9(32-23-21-6)3-2-7-4-30-15-11(14(26)24(15)12(7)16(27)28)20-13(25)10(22-29)8-5-31-17(18)19-8/h2-3,5,11,15,29H,4H2,1H3,(H2,18,19)(H,20,25)(H,27,28)/b3-2-,22-10-/t11?,15-/m1/s1. The van der Waals surface area contributed by atoms with Gasteiger partial charge in [0.05, 0.1) is 10.6 Å². The number of nitrogens with zero attached hydrogens (tertiary/aromatic N) is 5. The third-order valence-corrected chi connectivity index (χ3v) is 7.46. The fourth-order valence-corrected chi connectivity index (χ4v) is 5.58. The van der Waals surface area contributed by atoms with Crippen molar-refractivity contribution >= 4 is 69.3 Å². The van der Waals surface area contributed by atoms with E-state index in [1.807, 2.05) is 0 Å². The summed E-state index contributed by atoms with van der Waals surface area (Å²) in [5.41, 5.74) is 6.26. The lowest BCUT2D eigenvalue weighted by atomic mass is 10.0. The highest BCUT2D eigenvalue weighted by Crippen LogP contribution is 2.41. The van der Waals surface area contributed by atoms with Crippen molar-refractivity contribution in [3.05, 3.63) is 39.0 Å². The largest absolute Gasteiger partial charge is 0.477 e. The van der Waals surface area contributed by atoms with E-state index in [9.17, 15) is 24.7 Å². The topological polar surface area (TPSA) is 184 Å². The minimum Gasteiger partial charge on any atom is -0.477 e. The Morgan fingerprint density at radius 3 is 2.78 bits per heavy atom. The van der Waals surface area contributed by atoms with Crippen molar-refractivity contribution < 1.29 is 24.7 Å². The third-order valence-electron chi connectivity index (χ3n) is 4.69. The Bertz CT molecular complexity index is 1200. The Kier molecular flexibility index (Phi) is 5.94. The highest BCUT2D eigenvalue weighted by molar-refractivity contribution is 8.00. The molecule has 15 heteroatoms. The molecule has 0 bridgehead atoms. The summed E-state index contributed by atoms with van der Waals surface area (Å²) in [5, 5.41) is 29.3. The molecule has 4 heterocycles. The van der Waals surface area contributed by atoms with Gasteiger partial charge in [0.2, 0.25) is 0 Å². The fourth-order valence-electron chi connectivity index (χ4n) is 3.16. The summed E-state index contributed by atoms with van der Waals surface area (Å²) >= 11 is 3.55. The molecule has 2 atom stereocenters. The van der Waals surface area contributed by atoms with Gasteiger partial charge in [-0.3, -0.25) is 14.5 Å². The maximum atomic E-state index is 12.8. The zero-order valence-electron chi connectivity index (χ0n) is 16.3. The molecule has 2 aliphatic rings. The second-order valence-electron chi connectivity index (χ2n) is 6.62. The number of fused-ring (bicyclic) bond motifs is 1. The Morgan fingerprint density at radius 2 is 2.19 bits per heavy atom. The van der Waals surface area contributed by atoms with Crippen molar-refractivity contribution in [2.24, 2.45) is 5.16 Å². The summed E-state index contributed by atoms with van der Waals surface area (Å²) in [4.78, 5) is 43.0. The van der Waals surface area contributed by atoms with E-state index in [4.69, 9.17) is 5.73 Å². The lowest BCUT2D eigenvalue weighted by molar-refractivity contribution is -0.150. The minimum atomic E-state index is -1.25. The van der Waals surface area contributed by atoms with Gasteiger partial charge in [0.15, 0.2) is 10.8 Å². The number of nitrogens with one attached hydrogen (secondary N) is 1. The average molecular weight is 494 g/mol. The van der Waals surface area contributed by atoms with Crippen molar-refractivity contribution in [3.63, 3.8) is 0 Å². The second kappa shape index (κ2) is 8.68. The van der Waals surface area contributed by atoms with Crippen LogP contribution >= 0.6 is 34.6 Å². The Labute approximate surface area is 192 Å². The number of carbonyl (C=O) groups is 3. The van der Waals surface area contributed by atoms with Crippen LogP contribution < -0.4 is 11.1 Å². The van der Waals surface area contributed by atoms with Crippen molar-refractivity contribution in [1.82, 2.24) is 24.8 Å². The first kappa shape index (κ1) is 21.9. The van der Waals surface area contributed by atoms with Gasteiger partial charge >= 0.3 is 5.97 Å². The normalized spacial score (nSPS) is 21.0. The highest BCUT2D eigenvalue weighted by atomic mass is 32.2. The number of aliphatic carboxylic acids is 1. The number of carbonyl (C=O) groups excluding carboxylic acids is 2. The summed E-state index contributed by atoms with van der Waals surface area (Å²) in [7, 11) is 0. The van der Waals surface area contributed by atoms with E-state index < -0.39 is 34.9 Å². The van der Waals surface area contributed by atoms with Crippen LogP contribution in [0.15, 0.2) is 27.9 Å². The highest BCUT2D eigenvalue weighted by Gasteiger charge is 2.54. The molecular formula is C17H15N7O5S3. The van der Waals surface area contributed by atoms with E-state index in [0.29, 0.717) is 11.3 Å². The number of hydrogen-bond donors (Lipinski definition) is 4. The van der Waals surface area contributed by atoms with E-state index in [1.165, 1.54) is 28.7 Å². The number of rotatable bonds is 6. The van der Waals surface area contributed by atoms with Crippen LogP contribution in [-0.2, 0) is 14.4 Å². The number of nitrogen functional groups attached to an aromatic ring is 1. The third kappa shape index (κ3) is 3.85. The van der Waals surface area contributed by atoms with Gasteiger partial charge in [-0.05, 0) is 30.1 Å². The number of aromatic nitrogens is 3. The van der Waals surface area contributed by atoms with Crippen LogP contribution in [0.5, 0.6) is 0 Å². The van der Waals surface area contributed by atoms with Gasteiger partial charge in [0, 0.05) is 11.1 Å². The molecule has 5 N–H and O–H groups in total. The Hall–Kier alpha value is -3.30. The molecule has 1 unspecified atom stereocenters. The number of anilines is 1. The van der Waals surface area contributed by atoms with Gasteiger partial charge in [-0.25, -0.2) is 9.78 Å². The molecule has 0 aliphatic carbocycles. The van der Waals surface area contributed by atoms with Gasteiger partial charge < -0.3 is 21.4 Å². The van der Waals surface area contributed by atoms with Gasteiger partial charge in [-0.2, -0.15) is 0 Å². The van der Waals surface area contributed by atoms with E-state index >= 15 is 0 Å². The molecule has 2 aromatic heterocycles. The van der Waals surface area contributed by atoms with Gasteiger partial charge in [-0.1, -0.05) is 15.7 Å². The lowest BCUT2D eigenvalue weighted by Crippen LogP contribution is -2.71. The molecule has 2 amide bonds. The number of allylic oxidation sites excluding steroid dienone is 1. The van der Waals surface area contributed by atoms with Crippen molar-refractivity contribution in [3.8, 4) is 0 Å². The van der Waals surface area contributed by atoms with Crippen LogP contribution in [0.4, 0.5) is 5.13 Å². The minimum absolute atomic E-state index is 0.0684. The molecular weight excluding hydrogens is 478 g/mol. The molecule has 0 radical (unpaired) electrons. The molecule has 0 spiro atoms. The Morgan fingerprint density at radius 1 is 1.41 bits per heavy atom. The summed E-state index contributed by atoms with van der Waals surface area (Å²) in [6.07, 6.45) is 3.35. The van der Waals surface area contributed by atoms with Crippen molar-refractivity contribution in [1.29, 1.82) is 0 Å². The van der Waals surface area contributed by atoms with E-state index in [-0.39, 0.29) is 16.5 Å². The SMILES string of the molecule is Cc1nnsc1/C=C\C1=C(C(=O)O)N2C(=O)C(NC(=O)/C(=N\O)c3csc(N)n3)[C@H]2SC1. The number of β-lactam (4-membered cyclic amide) rings is 1. The number of hydrogen-bond acceptors (Lipinski definition) is 12. The molecule has 32 heavy (non-hydrogen) atoms. The zero-order chi connectivity index (χ0) is 23.0. The quantitative estimate of drug-likeness (QED) is 0.191. The monoisotopic (exact) mass is 493 g/mol. The summed E-state index contributed by atoms with van der Waals surface area (Å²) in [6.45, 7) is 1.79. The lowest BCUT2D eigenvalue weighted by Gasteiger charge is -2.49. The maximum absolute atomic E-state index is 12.8. The molecule has 1 fully saturated rings. The second-order valence-corrected chi connectivity index (χ2v) is 9.40. The van der Waals surface area contributed by atoms with Gasteiger partial charge in [0.1, 0.15) is 22.8 Å². The molecule has 0 aromatic carbocycles. The van der Waals surface area contributed by atoms with E-state index in [1.54, 1.807) is 19.1 Å². The molecule has 4 rings (SSSR count). The van der Waals surface area contributed by atoms with Gasteiger partial charge in [0.25, 0.3) is 11.8 Å². The summed E-state index contributed by atoms with van der Waals surface area (Å²) < 4.78 is 3.83. The predicted octanol–water partition coefficient (Wildman–Crippen LogP) is 0.516. The summed E-state index contributed by atoms with van der Waals surface area (Å²) in [5.74, 6) is -2.34. The number of carboxylic acid groups (broad SMARTS) is 1. The molecule has 12 nitrogen and oxygen atoms in total. The van der Waals surface area contributed by atoms with Crippen LogP contribution in [0.3, 0.4) is 0 Å². The van der Waals surface area contributed by atoms with Crippen LogP contribution in [0.25, 0.3) is 6.08 Å². The summed E-state index contributed by atoms with van der Waals surface area (Å²) in [6, 6.07) is -0.979. The number of thiazole rings is 1. The number of amides is 2. The predicted molar refractivity (Wildman–Crippen MR) is 118 cm³/mol.